The van der Waals surface area contributed by atoms with Gasteiger partial charge in [0.2, 0.25) is 5.88 Å². The predicted octanol–water partition coefficient (Wildman–Crippen LogP) is 2.76. The van der Waals surface area contributed by atoms with Gasteiger partial charge in [0.1, 0.15) is 5.82 Å². The van der Waals surface area contributed by atoms with Gasteiger partial charge in [-0.05, 0) is 41.4 Å². The quantitative estimate of drug-likeness (QED) is 0.901. The number of hydrogen-bond acceptors (Lipinski definition) is 5. The van der Waals surface area contributed by atoms with Crippen molar-refractivity contribution in [2.75, 3.05) is 24.3 Å². The van der Waals surface area contributed by atoms with Crippen LogP contribution in [0.4, 0.5) is 11.5 Å². The minimum atomic E-state index is 0.507. The van der Waals surface area contributed by atoms with E-state index >= 15 is 0 Å². The number of nitrogens with two attached hydrogens (primary N) is 1. The Kier molecular flexibility index (Phi) is 4.04. The molecule has 0 aromatic carbocycles. The number of anilines is 2. The first kappa shape index (κ1) is 12.7. The highest BCUT2D eigenvalue weighted by Crippen LogP contribution is 2.23. The van der Waals surface area contributed by atoms with E-state index in [2.05, 4.69) is 26.7 Å². The highest BCUT2D eigenvalue weighted by molar-refractivity contribution is 7.07. The number of pyridine rings is 1. The molecular formula is C13H17N3OS. The molecule has 0 radical (unpaired) electrons. The lowest BCUT2D eigenvalue weighted by molar-refractivity contribution is 0.329. The first-order valence-electron chi connectivity index (χ1n) is 5.82. The topological polar surface area (TPSA) is 51.4 Å². The first-order chi connectivity index (χ1) is 8.70. The molecule has 0 amide bonds. The van der Waals surface area contributed by atoms with Crippen LogP contribution in [0.15, 0.2) is 29.0 Å². The van der Waals surface area contributed by atoms with Gasteiger partial charge in [-0.2, -0.15) is 16.3 Å². The Labute approximate surface area is 111 Å². The number of nitrogen functional groups attached to an aromatic ring is 1. The number of aromatic nitrogens is 1. The van der Waals surface area contributed by atoms with Crippen molar-refractivity contribution in [3.05, 3.63) is 34.5 Å². The van der Waals surface area contributed by atoms with Crippen molar-refractivity contribution in [1.82, 2.24) is 4.98 Å². The Morgan fingerprint density at radius 3 is 2.89 bits per heavy atom. The SMILES string of the molecule is CCOc1nc(N(C)Cc2ccsc2)ccc1N. The zero-order valence-corrected chi connectivity index (χ0v) is 11.4. The fourth-order valence-corrected chi connectivity index (χ4v) is 2.30. The third-order valence-electron chi connectivity index (χ3n) is 2.55. The number of rotatable bonds is 5. The van der Waals surface area contributed by atoms with E-state index in [4.69, 9.17) is 10.5 Å². The lowest BCUT2D eigenvalue weighted by Gasteiger charge is -2.18. The van der Waals surface area contributed by atoms with E-state index in [1.807, 2.05) is 26.1 Å². The van der Waals surface area contributed by atoms with Gasteiger partial charge in [-0.1, -0.05) is 0 Å². The van der Waals surface area contributed by atoms with Gasteiger partial charge in [-0.3, -0.25) is 0 Å². The lowest BCUT2D eigenvalue weighted by atomic mass is 10.3. The molecule has 2 aromatic rings. The van der Waals surface area contributed by atoms with Crippen LogP contribution in [0.25, 0.3) is 0 Å². The minimum Gasteiger partial charge on any atom is -0.476 e. The molecule has 0 atom stereocenters. The van der Waals surface area contributed by atoms with E-state index in [0.29, 0.717) is 18.2 Å². The molecule has 4 nitrogen and oxygen atoms in total. The number of ether oxygens (including phenoxy) is 1. The zero-order valence-electron chi connectivity index (χ0n) is 10.6. The zero-order chi connectivity index (χ0) is 13.0. The van der Waals surface area contributed by atoms with E-state index in [0.717, 1.165) is 12.4 Å². The molecule has 0 unspecified atom stereocenters. The number of nitrogens with zero attached hydrogens (tertiary/aromatic N) is 2. The molecule has 0 saturated carbocycles. The summed E-state index contributed by atoms with van der Waals surface area (Å²) in [6, 6.07) is 5.85. The fraction of sp³-hybridized carbons (Fsp3) is 0.308. The van der Waals surface area contributed by atoms with Crippen LogP contribution in [0, 0.1) is 0 Å². The summed E-state index contributed by atoms with van der Waals surface area (Å²) in [7, 11) is 2.01. The van der Waals surface area contributed by atoms with Gasteiger partial charge < -0.3 is 15.4 Å². The largest absolute Gasteiger partial charge is 0.476 e. The Bertz CT molecular complexity index is 499. The van der Waals surface area contributed by atoms with Gasteiger partial charge in [0.25, 0.3) is 0 Å². The Hall–Kier alpha value is -1.75. The van der Waals surface area contributed by atoms with E-state index in [-0.39, 0.29) is 0 Å². The van der Waals surface area contributed by atoms with E-state index < -0.39 is 0 Å². The van der Waals surface area contributed by atoms with E-state index in [1.54, 1.807) is 11.3 Å². The predicted molar refractivity (Wildman–Crippen MR) is 76.2 cm³/mol. The number of hydrogen-bond donors (Lipinski definition) is 1. The molecule has 0 spiro atoms. The summed E-state index contributed by atoms with van der Waals surface area (Å²) >= 11 is 1.70. The van der Waals surface area contributed by atoms with Gasteiger partial charge >= 0.3 is 0 Å². The van der Waals surface area contributed by atoms with E-state index in [9.17, 15) is 0 Å². The van der Waals surface area contributed by atoms with Crippen LogP contribution < -0.4 is 15.4 Å². The summed E-state index contributed by atoms with van der Waals surface area (Å²) in [4.78, 5) is 6.50. The second-order valence-corrected chi connectivity index (χ2v) is 4.76. The summed E-state index contributed by atoms with van der Waals surface area (Å²) in [6.45, 7) is 3.31. The summed E-state index contributed by atoms with van der Waals surface area (Å²) in [6.07, 6.45) is 0. The maximum atomic E-state index is 5.81. The second-order valence-electron chi connectivity index (χ2n) is 3.98. The highest BCUT2D eigenvalue weighted by Gasteiger charge is 2.08. The van der Waals surface area contributed by atoms with Crippen LogP contribution in [-0.2, 0) is 6.54 Å². The Morgan fingerprint density at radius 1 is 1.39 bits per heavy atom. The van der Waals surface area contributed by atoms with Crippen molar-refractivity contribution in [3.8, 4) is 5.88 Å². The molecule has 2 aromatic heterocycles. The standard InChI is InChI=1S/C13H17N3OS/c1-3-17-13-11(14)4-5-12(15-13)16(2)8-10-6-7-18-9-10/h4-7,9H,3,8,14H2,1-2H3. The van der Waals surface area contributed by atoms with Crippen molar-refractivity contribution < 1.29 is 4.74 Å². The van der Waals surface area contributed by atoms with Crippen LogP contribution in [0.3, 0.4) is 0 Å². The fourth-order valence-electron chi connectivity index (χ4n) is 1.64. The third-order valence-corrected chi connectivity index (χ3v) is 3.28. The highest BCUT2D eigenvalue weighted by atomic mass is 32.1. The average Bonchev–Trinajstić information content (AvgIpc) is 2.85. The Morgan fingerprint density at radius 2 is 2.22 bits per heavy atom. The normalized spacial score (nSPS) is 10.3. The number of thiophene rings is 1. The monoisotopic (exact) mass is 263 g/mol. The minimum absolute atomic E-state index is 0.507. The smallest absolute Gasteiger partial charge is 0.239 e. The maximum absolute atomic E-state index is 5.81. The molecular weight excluding hydrogens is 246 g/mol. The molecule has 2 N–H and O–H groups in total. The summed E-state index contributed by atoms with van der Waals surface area (Å²) in [5.74, 6) is 1.37. The van der Waals surface area contributed by atoms with Gasteiger partial charge in [-0.15, -0.1) is 0 Å². The van der Waals surface area contributed by atoms with Crippen molar-refractivity contribution >= 4 is 22.8 Å². The summed E-state index contributed by atoms with van der Waals surface area (Å²) < 4.78 is 5.40. The van der Waals surface area contributed by atoms with Crippen LogP contribution in [0.5, 0.6) is 5.88 Å². The second kappa shape index (κ2) is 5.73. The Balaban J connectivity index is 2.14. The molecule has 5 heteroatoms. The van der Waals surface area contributed by atoms with E-state index in [1.165, 1.54) is 5.56 Å². The molecule has 0 fully saturated rings. The molecule has 2 heterocycles. The van der Waals surface area contributed by atoms with Crippen LogP contribution in [0.2, 0.25) is 0 Å². The molecule has 0 bridgehead atoms. The van der Waals surface area contributed by atoms with Crippen molar-refractivity contribution in [2.24, 2.45) is 0 Å². The van der Waals surface area contributed by atoms with Crippen molar-refractivity contribution in [3.63, 3.8) is 0 Å². The van der Waals surface area contributed by atoms with Gasteiger partial charge in [0.15, 0.2) is 0 Å². The van der Waals surface area contributed by atoms with Crippen LogP contribution in [0.1, 0.15) is 12.5 Å². The van der Waals surface area contributed by atoms with Crippen LogP contribution >= 0.6 is 11.3 Å². The molecule has 0 aliphatic heterocycles. The molecule has 0 aliphatic rings. The van der Waals surface area contributed by atoms with Gasteiger partial charge in [0.05, 0.1) is 12.3 Å². The third kappa shape index (κ3) is 2.92. The lowest BCUT2D eigenvalue weighted by Crippen LogP contribution is -2.17. The molecule has 0 aliphatic carbocycles. The summed E-state index contributed by atoms with van der Waals surface area (Å²) in [5.41, 5.74) is 7.66. The molecule has 96 valence electrons. The molecule has 2 rings (SSSR count). The van der Waals surface area contributed by atoms with Gasteiger partial charge in [-0.25, -0.2) is 0 Å². The van der Waals surface area contributed by atoms with Crippen molar-refractivity contribution in [1.29, 1.82) is 0 Å². The van der Waals surface area contributed by atoms with Crippen LogP contribution in [-0.4, -0.2) is 18.6 Å². The maximum Gasteiger partial charge on any atom is 0.239 e. The first-order valence-corrected chi connectivity index (χ1v) is 6.76. The van der Waals surface area contributed by atoms with Crippen molar-refractivity contribution in [2.45, 2.75) is 13.5 Å². The molecule has 0 saturated heterocycles. The summed E-state index contributed by atoms with van der Waals surface area (Å²) in [5, 5.41) is 4.21. The average molecular weight is 263 g/mol. The molecule has 18 heavy (non-hydrogen) atoms. The van der Waals surface area contributed by atoms with Gasteiger partial charge in [0, 0.05) is 13.6 Å².